The zero-order valence-electron chi connectivity index (χ0n) is 11.2. The quantitative estimate of drug-likeness (QED) is 0.722. The highest BCUT2D eigenvalue weighted by molar-refractivity contribution is 5.84. The summed E-state index contributed by atoms with van der Waals surface area (Å²) in [6.45, 7) is 6.09. The third-order valence-corrected chi connectivity index (χ3v) is 3.24. The smallest absolute Gasteiger partial charge is 0.335 e. The van der Waals surface area contributed by atoms with E-state index >= 15 is 0 Å². The molecule has 19 heavy (non-hydrogen) atoms. The highest BCUT2D eigenvalue weighted by Crippen LogP contribution is 2.26. The number of piperazine rings is 1. The van der Waals surface area contributed by atoms with E-state index in [1.165, 1.54) is 0 Å². The van der Waals surface area contributed by atoms with Crippen molar-refractivity contribution in [3.05, 3.63) is 0 Å². The van der Waals surface area contributed by atoms with Crippen molar-refractivity contribution in [1.82, 2.24) is 9.80 Å². The minimum atomic E-state index is -4.57. The molecule has 3 nitrogen and oxygen atoms in total. The molecular weight excluding hydrogens is 264 g/mol. The van der Waals surface area contributed by atoms with Gasteiger partial charge < -0.3 is 4.90 Å². The summed E-state index contributed by atoms with van der Waals surface area (Å²) < 4.78 is 50.0. The molecule has 0 aromatic heterocycles. The molecule has 0 bridgehead atoms. The standard InChI is InChI=1S/C12H20F4N2O/c1-9(2)3-4-17-5-7-18(8-6-17)11(19)12(15,16)10(13)14/h9-10H,3-8H2,1-2H3. The molecule has 1 saturated heterocycles. The van der Waals surface area contributed by atoms with Gasteiger partial charge in [-0.25, -0.2) is 8.78 Å². The van der Waals surface area contributed by atoms with E-state index in [2.05, 4.69) is 18.7 Å². The van der Waals surface area contributed by atoms with Gasteiger partial charge in [-0.2, -0.15) is 8.78 Å². The second kappa shape index (κ2) is 6.54. The Balaban J connectivity index is 2.43. The number of rotatable bonds is 5. The van der Waals surface area contributed by atoms with Crippen molar-refractivity contribution in [1.29, 1.82) is 0 Å². The third-order valence-electron chi connectivity index (χ3n) is 3.24. The summed E-state index contributed by atoms with van der Waals surface area (Å²) in [4.78, 5) is 14.2. The number of carbonyl (C=O) groups excluding carboxylic acids is 1. The lowest BCUT2D eigenvalue weighted by atomic mass is 10.1. The van der Waals surface area contributed by atoms with Crippen molar-refractivity contribution >= 4 is 5.91 Å². The van der Waals surface area contributed by atoms with Crippen LogP contribution in [0.25, 0.3) is 0 Å². The van der Waals surface area contributed by atoms with Crippen LogP contribution in [-0.2, 0) is 4.79 Å². The van der Waals surface area contributed by atoms with Crippen molar-refractivity contribution in [2.24, 2.45) is 5.92 Å². The highest BCUT2D eigenvalue weighted by atomic mass is 19.3. The van der Waals surface area contributed by atoms with Crippen LogP contribution < -0.4 is 0 Å². The van der Waals surface area contributed by atoms with Crippen LogP contribution in [0.15, 0.2) is 0 Å². The fourth-order valence-electron chi connectivity index (χ4n) is 1.92. The second-order valence-corrected chi connectivity index (χ2v) is 5.24. The summed E-state index contributed by atoms with van der Waals surface area (Å²) in [7, 11) is 0. The van der Waals surface area contributed by atoms with Gasteiger partial charge in [0.05, 0.1) is 0 Å². The third kappa shape index (κ3) is 4.33. The molecule has 0 aliphatic carbocycles. The number of hydrogen-bond acceptors (Lipinski definition) is 2. The monoisotopic (exact) mass is 284 g/mol. The van der Waals surface area contributed by atoms with Crippen LogP contribution in [0.3, 0.4) is 0 Å². The van der Waals surface area contributed by atoms with E-state index in [0.29, 0.717) is 19.0 Å². The summed E-state index contributed by atoms with van der Waals surface area (Å²) >= 11 is 0. The zero-order chi connectivity index (χ0) is 14.6. The molecule has 0 unspecified atom stereocenters. The molecule has 0 radical (unpaired) electrons. The lowest BCUT2D eigenvalue weighted by molar-refractivity contribution is -0.182. The summed E-state index contributed by atoms with van der Waals surface area (Å²) in [5.41, 5.74) is 0. The van der Waals surface area contributed by atoms with E-state index in [9.17, 15) is 22.4 Å². The molecule has 0 spiro atoms. The normalized spacial score (nSPS) is 18.4. The molecule has 7 heteroatoms. The molecule has 1 aliphatic heterocycles. The van der Waals surface area contributed by atoms with Gasteiger partial charge in [-0.1, -0.05) is 13.8 Å². The van der Waals surface area contributed by atoms with Crippen LogP contribution in [-0.4, -0.2) is 60.8 Å². The molecule has 0 N–H and O–H groups in total. The van der Waals surface area contributed by atoms with Crippen molar-refractivity contribution in [3.8, 4) is 0 Å². The molecule has 1 rings (SSSR count). The molecule has 1 fully saturated rings. The van der Waals surface area contributed by atoms with Crippen LogP contribution in [0.5, 0.6) is 0 Å². The van der Waals surface area contributed by atoms with E-state index in [1.54, 1.807) is 0 Å². The predicted octanol–water partition coefficient (Wildman–Crippen LogP) is 2.08. The first kappa shape index (κ1) is 16.2. The molecular formula is C12H20F4N2O. The van der Waals surface area contributed by atoms with Gasteiger partial charge in [0.1, 0.15) is 0 Å². The van der Waals surface area contributed by atoms with E-state index in [4.69, 9.17) is 0 Å². The lowest BCUT2D eigenvalue weighted by Gasteiger charge is -2.36. The Morgan fingerprint density at radius 3 is 2.11 bits per heavy atom. The first-order chi connectivity index (χ1) is 8.75. The van der Waals surface area contributed by atoms with Gasteiger partial charge in [-0.05, 0) is 18.9 Å². The number of carbonyl (C=O) groups is 1. The van der Waals surface area contributed by atoms with Crippen molar-refractivity contribution in [2.45, 2.75) is 32.6 Å². The molecule has 112 valence electrons. The molecule has 0 aromatic carbocycles. The van der Waals surface area contributed by atoms with Gasteiger partial charge in [0.25, 0.3) is 5.91 Å². The van der Waals surface area contributed by atoms with Gasteiger partial charge >= 0.3 is 12.3 Å². The van der Waals surface area contributed by atoms with Crippen LogP contribution in [0.1, 0.15) is 20.3 Å². The Labute approximate surface area is 110 Å². The lowest BCUT2D eigenvalue weighted by Crippen LogP contribution is -2.55. The van der Waals surface area contributed by atoms with Crippen molar-refractivity contribution in [3.63, 3.8) is 0 Å². The summed E-state index contributed by atoms with van der Waals surface area (Å²) in [5.74, 6) is -5.78. The van der Waals surface area contributed by atoms with Gasteiger partial charge in [0.15, 0.2) is 0 Å². The number of nitrogens with zero attached hydrogens (tertiary/aromatic N) is 2. The van der Waals surface area contributed by atoms with Crippen molar-refractivity contribution < 1.29 is 22.4 Å². The highest BCUT2D eigenvalue weighted by Gasteiger charge is 2.51. The van der Waals surface area contributed by atoms with E-state index < -0.39 is 18.3 Å². The van der Waals surface area contributed by atoms with Gasteiger partial charge in [-0.3, -0.25) is 9.69 Å². The van der Waals surface area contributed by atoms with E-state index in [1.807, 2.05) is 0 Å². The van der Waals surface area contributed by atoms with E-state index in [0.717, 1.165) is 17.9 Å². The van der Waals surface area contributed by atoms with E-state index in [-0.39, 0.29) is 13.1 Å². The first-order valence-corrected chi connectivity index (χ1v) is 6.42. The van der Waals surface area contributed by atoms with Crippen molar-refractivity contribution in [2.75, 3.05) is 32.7 Å². The SMILES string of the molecule is CC(C)CCN1CCN(C(=O)C(F)(F)C(F)F)CC1. The molecule has 1 heterocycles. The fourth-order valence-corrected chi connectivity index (χ4v) is 1.92. The average molecular weight is 284 g/mol. The van der Waals surface area contributed by atoms with Gasteiger partial charge in [0.2, 0.25) is 0 Å². The fraction of sp³-hybridized carbons (Fsp3) is 0.917. The second-order valence-electron chi connectivity index (χ2n) is 5.24. The Morgan fingerprint density at radius 1 is 1.16 bits per heavy atom. The topological polar surface area (TPSA) is 23.6 Å². The Hall–Kier alpha value is -0.850. The first-order valence-electron chi connectivity index (χ1n) is 6.42. The predicted molar refractivity (Wildman–Crippen MR) is 63.4 cm³/mol. The summed E-state index contributed by atoms with van der Waals surface area (Å²) in [6, 6.07) is 0. The maximum Gasteiger partial charge on any atom is 0.383 e. The maximum absolute atomic E-state index is 12.9. The van der Waals surface area contributed by atoms with Crippen LogP contribution in [0, 0.1) is 5.92 Å². The largest absolute Gasteiger partial charge is 0.383 e. The van der Waals surface area contributed by atoms with Crippen LogP contribution in [0.2, 0.25) is 0 Å². The molecule has 0 atom stereocenters. The Bertz CT molecular complexity index is 302. The van der Waals surface area contributed by atoms with Gasteiger partial charge in [-0.15, -0.1) is 0 Å². The maximum atomic E-state index is 12.9. The minimum absolute atomic E-state index is 0.0826. The minimum Gasteiger partial charge on any atom is -0.335 e. The molecule has 1 aliphatic rings. The molecule has 0 saturated carbocycles. The average Bonchev–Trinajstić information content (AvgIpc) is 2.35. The Morgan fingerprint density at radius 2 is 1.68 bits per heavy atom. The number of alkyl halides is 4. The van der Waals surface area contributed by atoms with Gasteiger partial charge in [0, 0.05) is 26.2 Å². The summed E-state index contributed by atoms with van der Waals surface area (Å²) in [5, 5.41) is 0. The number of hydrogen-bond donors (Lipinski definition) is 0. The Kier molecular flexibility index (Phi) is 5.58. The molecule has 0 aromatic rings. The zero-order valence-corrected chi connectivity index (χ0v) is 11.2. The molecule has 1 amide bonds. The van der Waals surface area contributed by atoms with Crippen LogP contribution >= 0.6 is 0 Å². The summed E-state index contributed by atoms with van der Waals surface area (Å²) in [6.07, 6.45) is -2.96. The van der Waals surface area contributed by atoms with Crippen LogP contribution in [0.4, 0.5) is 17.6 Å². The number of halogens is 4. The number of amides is 1.